The molecule has 0 aliphatic carbocycles. The maximum absolute atomic E-state index is 12.9. The predicted octanol–water partition coefficient (Wildman–Crippen LogP) is 4.15. The number of halogens is 1. The molecule has 1 unspecified atom stereocenters. The van der Waals surface area contributed by atoms with E-state index in [0.717, 1.165) is 21.4 Å². The number of hydrogen-bond donors (Lipinski definition) is 1. The first-order chi connectivity index (χ1) is 12.9. The van der Waals surface area contributed by atoms with E-state index in [-0.39, 0.29) is 11.8 Å². The number of hydrogen-bond acceptors (Lipinski definition) is 3. The van der Waals surface area contributed by atoms with Gasteiger partial charge in [0.25, 0.3) is 0 Å². The molecule has 1 N–H and O–H groups in total. The Bertz CT molecular complexity index is 780. The topological polar surface area (TPSA) is 49.4 Å². The number of carbonyl (C=O) groups excluding carboxylic acids is 2. The Labute approximate surface area is 173 Å². The van der Waals surface area contributed by atoms with Gasteiger partial charge in [-0.3, -0.25) is 9.59 Å². The Kier molecular flexibility index (Phi) is 8.38. The van der Waals surface area contributed by atoms with Crippen molar-refractivity contribution < 1.29 is 9.59 Å². The van der Waals surface area contributed by atoms with Gasteiger partial charge >= 0.3 is 0 Å². The standard InChI is InChI=1S/C21H25BrN2O2S/c1-15-6-4-5-7-18(15)12-24(16(2)21(26)23-3)20(25)14-27-13-17-8-10-19(22)11-9-17/h4-11,16H,12-14H2,1-3H3,(H,23,26). The van der Waals surface area contributed by atoms with Gasteiger partial charge in [-0.1, -0.05) is 52.3 Å². The van der Waals surface area contributed by atoms with Crippen LogP contribution in [0.15, 0.2) is 53.0 Å². The molecule has 6 heteroatoms. The third-order valence-electron chi connectivity index (χ3n) is 4.42. The number of carbonyl (C=O) groups is 2. The minimum atomic E-state index is -0.518. The van der Waals surface area contributed by atoms with Crippen molar-refractivity contribution in [3.8, 4) is 0 Å². The second-order valence-electron chi connectivity index (χ2n) is 6.36. The monoisotopic (exact) mass is 448 g/mol. The first-order valence-electron chi connectivity index (χ1n) is 8.80. The normalized spacial score (nSPS) is 11.7. The van der Waals surface area contributed by atoms with Gasteiger partial charge in [0.15, 0.2) is 0 Å². The third kappa shape index (κ3) is 6.40. The van der Waals surface area contributed by atoms with E-state index in [0.29, 0.717) is 12.3 Å². The molecule has 0 saturated heterocycles. The SMILES string of the molecule is CNC(=O)C(C)N(Cc1ccccc1C)C(=O)CSCc1ccc(Br)cc1. The molecule has 0 heterocycles. The van der Waals surface area contributed by atoms with Crippen LogP contribution < -0.4 is 5.32 Å². The average Bonchev–Trinajstić information content (AvgIpc) is 2.67. The van der Waals surface area contributed by atoms with Gasteiger partial charge in [0.2, 0.25) is 11.8 Å². The van der Waals surface area contributed by atoms with Crippen molar-refractivity contribution in [3.05, 3.63) is 69.7 Å². The van der Waals surface area contributed by atoms with Crippen LogP contribution in [-0.4, -0.2) is 35.6 Å². The molecule has 2 amide bonds. The summed E-state index contributed by atoms with van der Waals surface area (Å²) in [7, 11) is 1.59. The lowest BCUT2D eigenvalue weighted by Gasteiger charge is -2.29. The zero-order chi connectivity index (χ0) is 19.8. The van der Waals surface area contributed by atoms with Gasteiger partial charge in [0.1, 0.15) is 6.04 Å². The maximum Gasteiger partial charge on any atom is 0.242 e. The molecule has 4 nitrogen and oxygen atoms in total. The number of nitrogens with one attached hydrogen (secondary N) is 1. The van der Waals surface area contributed by atoms with E-state index in [1.54, 1.807) is 30.6 Å². The Morgan fingerprint density at radius 3 is 2.44 bits per heavy atom. The molecule has 0 aromatic heterocycles. The summed E-state index contributed by atoms with van der Waals surface area (Å²) >= 11 is 4.99. The summed E-state index contributed by atoms with van der Waals surface area (Å²) < 4.78 is 1.04. The highest BCUT2D eigenvalue weighted by molar-refractivity contribution is 9.10. The van der Waals surface area contributed by atoms with Gasteiger partial charge in [-0.05, 0) is 42.7 Å². The summed E-state index contributed by atoms with van der Waals surface area (Å²) in [4.78, 5) is 26.7. The predicted molar refractivity (Wildman–Crippen MR) is 116 cm³/mol. The fourth-order valence-corrected chi connectivity index (χ4v) is 3.82. The molecule has 0 aliphatic rings. The van der Waals surface area contributed by atoms with Gasteiger partial charge in [-0.15, -0.1) is 11.8 Å². The molecule has 2 aromatic rings. The van der Waals surface area contributed by atoms with Crippen LogP contribution in [0.25, 0.3) is 0 Å². The molecule has 0 fully saturated rings. The highest BCUT2D eigenvalue weighted by atomic mass is 79.9. The minimum Gasteiger partial charge on any atom is -0.357 e. The first kappa shape index (κ1) is 21.5. The highest BCUT2D eigenvalue weighted by Gasteiger charge is 2.25. The van der Waals surface area contributed by atoms with E-state index in [1.165, 1.54) is 5.56 Å². The largest absolute Gasteiger partial charge is 0.357 e. The number of likely N-dealkylation sites (N-methyl/N-ethyl adjacent to an activating group) is 1. The first-order valence-corrected chi connectivity index (χ1v) is 10.7. The van der Waals surface area contributed by atoms with Gasteiger partial charge in [-0.25, -0.2) is 0 Å². The highest BCUT2D eigenvalue weighted by Crippen LogP contribution is 2.18. The van der Waals surface area contributed by atoms with Crippen molar-refractivity contribution in [2.45, 2.75) is 32.2 Å². The zero-order valence-corrected chi connectivity index (χ0v) is 18.3. The Morgan fingerprint density at radius 2 is 1.81 bits per heavy atom. The molecule has 0 saturated carbocycles. The Hall–Kier alpha value is -1.79. The summed E-state index contributed by atoms with van der Waals surface area (Å²) in [6, 6.07) is 15.5. The molecule has 0 spiro atoms. The average molecular weight is 449 g/mol. The Balaban J connectivity index is 2.04. The van der Waals surface area contributed by atoms with Crippen LogP contribution in [0, 0.1) is 6.92 Å². The molecule has 0 radical (unpaired) electrons. The van der Waals surface area contributed by atoms with E-state index in [4.69, 9.17) is 0 Å². The smallest absolute Gasteiger partial charge is 0.242 e. The molecule has 2 rings (SSSR count). The summed E-state index contributed by atoms with van der Waals surface area (Å²) in [6.45, 7) is 4.22. The van der Waals surface area contributed by atoms with Crippen LogP contribution in [0.3, 0.4) is 0 Å². The molecular formula is C21H25BrN2O2S. The summed E-state index contributed by atoms with van der Waals surface area (Å²) in [6.07, 6.45) is 0. The Morgan fingerprint density at radius 1 is 1.15 bits per heavy atom. The van der Waals surface area contributed by atoms with Crippen molar-refractivity contribution in [1.82, 2.24) is 10.2 Å². The van der Waals surface area contributed by atoms with Gasteiger partial charge in [0, 0.05) is 23.8 Å². The maximum atomic E-state index is 12.9. The van der Waals surface area contributed by atoms with E-state index in [9.17, 15) is 9.59 Å². The third-order valence-corrected chi connectivity index (χ3v) is 5.94. The zero-order valence-electron chi connectivity index (χ0n) is 15.9. The summed E-state index contributed by atoms with van der Waals surface area (Å²) in [5, 5.41) is 2.64. The van der Waals surface area contributed by atoms with Gasteiger partial charge in [0.05, 0.1) is 5.75 Å². The van der Waals surface area contributed by atoms with Crippen molar-refractivity contribution in [1.29, 1.82) is 0 Å². The minimum absolute atomic E-state index is 0.0311. The fraction of sp³-hybridized carbons (Fsp3) is 0.333. The number of nitrogens with zero attached hydrogens (tertiary/aromatic N) is 1. The van der Waals surface area contributed by atoms with Crippen molar-refractivity contribution in [2.24, 2.45) is 0 Å². The summed E-state index contributed by atoms with van der Waals surface area (Å²) in [5.41, 5.74) is 3.34. The number of rotatable bonds is 8. The van der Waals surface area contributed by atoms with E-state index >= 15 is 0 Å². The second kappa shape index (κ2) is 10.5. The fourth-order valence-electron chi connectivity index (χ4n) is 2.68. The van der Waals surface area contributed by atoms with Crippen LogP contribution in [0.1, 0.15) is 23.6 Å². The molecule has 0 aliphatic heterocycles. The molecule has 27 heavy (non-hydrogen) atoms. The van der Waals surface area contributed by atoms with Crippen molar-refractivity contribution >= 4 is 39.5 Å². The second-order valence-corrected chi connectivity index (χ2v) is 8.26. The quantitative estimate of drug-likeness (QED) is 0.659. The molecule has 1 atom stereocenters. The van der Waals surface area contributed by atoms with Crippen LogP contribution >= 0.6 is 27.7 Å². The number of amides is 2. The lowest BCUT2D eigenvalue weighted by Crippen LogP contribution is -2.47. The van der Waals surface area contributed by atoms with Gasteiger partial charge in [-0.2, -0.15) is 0 Å². The number of benzene rings is 2. The van der Waals surface area contributed by atoms with Crippen LogP contribution in [0.5, 0.6) is 0 Å². The lowest BCUT2D eigenvalue weighted by atomic mass is 10.1. The van der Waals surface area contributed by atoms with E-state index in [1.807, 2.05) is 55.5 Å². The van der Waals surface area contributed by atoms with Crippen LogP contribution in [0.4, 0.5) is 0 Å². The summed E-state index contributed by atoms with van der Waals surface area (Å²) in [5.74, 6) is 0.904. The molecular weight excluding hydrogens is 424 g/mol. The van der Waals surface area contributed by atoms with Crippen molar-refractivity contribution in [3.63, 3.8) is 0 Å². The van der Waals surface area contributed by atoms with Crippen molar-refractivity contribution in [2.75, 3.05) is 12.8 Å². The lowest BCUT2D eigenvalue weighted by molar-refractivity contribution is -0.138. The van der Waals surface area contributed by atoms with Crippen LogP contribution in [0.2, 0.25) is 0 Å². The number of thioether (sulfide) groups is 1. The van der Waals surface area contributed by atoms with Crippen LogP contribution in [-0.2, 0) is 21.9 Å². The van der Waals surface area contributed by atoms with E-state index < -0.39 is 6.04 Å². The van der Waals surface area contributed by atoms with Gasteiger partial charge < -0.3 is 10.2 Å². The molecule has 144 valence electrons. The molecule has 0 bridgehead atoms. The van der Waals surface area contributed by atoms with E-state index in [2.05, 4.69) is 21.2 Å². The number of aryl methyl sites for hydroxylation is 1. The molecule has 2 aromatic carbocycles.